The van der Waals surface area contributed by atoms with Gasteiger partial charge in [0, 0.05) is 24.9 Å². The van der Waals surface area contributed by atoms with E-state index >= 15 is 0 Å². The van der Waals surface area contributed by atoms with Crippen molar-refractivity contribution >= 4 is 18.0 Å². The zero-order chi connectivity index (χ0) is 23.2. The van der Waals surface area contributed by atoms with Crippen LogP contribution < -0.4 is 5.32 Å². The minimum absolute atomic E-state index is 0.0308. The fraction of sp³-hybridized carbons (Fsp3) is 0.423. The van der Waals surface area contributed by atoms with Crippen molar-refractivity contribution in [1.82, 2.24) is 10.2 Å². The van der Waals surface area contributed by atoms with Crippen LogP contribution in [0.15, 0.2) is 48.5 Å². The third-order valence-corrected chi connectivity index (χ3v) is 7.49. The van der Waals surface area contributed by atoms with Gasteiger partial charge in [0.05, 0.1) is 0 Å². The number of carbonyl (C=O) groups excluding carboxylic acids is 2. The number of fused-ring (bicyclic) bond motifs is 4. The fourth-order valence-corrected chi connectivity index (χ4v) is 5.73. The molecule has 33 heavy (non-hydrogen) atoms. The summed E-state index contributed by atoms with van der Waals surface area (Å²) in [4.78, 5) is 38.7. The minimum Gasteiger partial charge on any atom is -0.479 e. The van der Waals surface area contributed by atoms with Crippen LogP contribution in [-0.4, -0.2) is 52.7 Å². The molecule has 172 valence electrons. The molecule has 0 aromatic heterocycles. The molecule has 0 unspecified atom stereocenters. The third kappa shape index (κ3) is 3.56. The highest BCUT2D eigenvalue weighted by atomic mass is 16.5. The Morgan fingerprint density at radius 2 is 1.70 bits per heavy atom. The number of rotatable bonds is 7. The van der Waals surface area contributed by atoms with Crippen molar-refractivity contribution in [1.29, 1.82) is 0 Å². The predicted molar refractivity (Wildman–Crippen MR) is 122 cm³/mol. The average Bonchev–Trinajstić information content (AvgIpc) is 3.46. The lowest BCUT2D eigenvalue weighted by Crippen LogP contribution is -2.55. The van der Waals surface area contributed by atoms with Crippen LogP contribution in [0.1, 0.15) is 49.7 Å². The highest BCUT2D eigenvalue weighted by Gasteiger charge is 2.62. The van der Waals surface area contributed by atoms with E-state index in [1.165, 1.54) is 4.90 Å². The SMILES string of the molecule is CC[C@H](CC(=O)N1CC2CC1(C(=O)O)C2)NC(=O)OCC1c2ccccc2-c2ccccc21. The van der Waals surface area contributed by atoms with E-state index in [1.54, 1.807) is 0 Å². The van der Waals surface area contributed by atoms with Crippen molar-refractivity contribution in [2.45, 2.75) is 50.1 Å². The molecule has 2 aliphatic heterocycles. The fourth-order valence-electron chi connectivity index (χ4n) is 5.73. The molecule has 7 nitrogen and oxygen atoms in total. The number of aliphatic carboxylic acids is 1. The van der Waals surface area contributed by atoms with Gasteiger partial charge in [-0.15, -0.1) is 0 Å². The lowest BCUT2D eigenvalue weighted by molar-refractivity contribution is -0.158. The van der Waals surface area contributed by atoms with Crippen LogP contribution >= 0.6 is 0 Å². The third-order valence-electron chi connectivity index (χ3n) is 7.49. The number of benzene rings is 2. The Bertz CT molecular complexity index is 1060. The van der Waals surface area contributed by atoms with Gasteiger partial charge in [-0.1, -0.05) is 55.5 Å². The van der Waals surface area contributed by atoms with E-state index in [0.717, 1.165) is 22.3 Å². The monoisotopic (exact) mass is 448 g/mol. The first-order valence-corrected chi connectivity index (χ1v) is 11.6. The second kappa shape index (κ2) is 8.21. The summed E-state index contributed by atoms with van der Waals surface area (Å²) < 4.78 is 5.60. The van der Waals surface area contributed by atoms with E-state index in [4.69, 9.17) is 4.74 Å². The number of nitrogens with one attached hydrogen (secondary N) is 1. The molecule has 4 aliphatic rings. The van der Waals surface area contributed by atoms with Gasteiger partial charge in [-0.3, -0.25) is 4.79 Å². The van der Waals surface area contributed by atoms with Crippen molar-refractivity contribution in [2.75, 3.05) is 13.2 Å². The lowest BCUT2D eigenvalue weighted by Gasteiger charge is -2.38. The van der Waals surface area contributed by atoms with Crippen LogP contribution in [0.5, 0.6) is 0 Å². The first-order valence-electron chi connectivity index (χ1n) is 11.6. The van der Waals surface area contributed by atoms with Crippen LogP contribution in [-0.2, 0) is 14.3 Å². The van der Waals surface area contributed by atoms with E-state index in [9.17, 15) is 19.5 Å². The van der Waals surface area contributed by atoms with Crippen molar-refractivity contribution in [3.05, 3.63) is 59.7 Å². The van der Waals surface area contributed by atoms with E-state index < -0.39 is 23.6 Å². The number of hydrogen-bond donors (Lipinski definition) is 2. The summed E-state index contributed by atoms with van der Waals surface area (Å²) in [5.41, 5.74) is 3.57. The number of carbonyl (C=O) groups is 3. The van der Waals surface area contributed by atoms with Crippen LogP contribution in [0.2, 0.25) is 0 Å². The standard InChI is InChI=1S/C26H28N2O5/c1-2-17(11-23(29)28-14-16-12-26(28,13-16)24(30)31)27-25(32)33-15-22-20-9-5-3-7-18(20)19-8-4-6-10-21(19)22/h3-10,16-17,22H,2,11-15H2,1H3,(H,27,32)(H,30,31)/t16?,17-,26?/m1/s1. The normalized spacial score (nSPS) is 23.3. The molecule has 1 saturated carbocycles. The van der Waals surface area contributed by atoms with Gasteiger partial charge in [-0.2, -0.15) is 0 Å². The summed E-state index contributed by atoms with van der Waals surface area (Å²) >= 11 is 0. The summed E-state index contributed by atoms with van der Waals surface area (Å²) in [6.07, 6.45) is 1.13. The molecule has 7 heteroatoms. The van der Waals surface area contributed by atoms with Crippen molar-refractivity contribution in [3.8, 4) is 11.1 Å². The van der Waals surface area contributed by atoms with Gasteiger partial charge in [-0.25, -0.2) is 9.59 Å². The summed E-state index contributed by atoms with van der Waals surface area (Å²) in [5, 5.41) is 12.4. The van der Waals surface area contributed by atoms with Crippen molar-refractivity contribution in [2.24, 2.45) is 5.92 Å². The smallest absolute Gasteiger partial charge is 0.407 e. The number of carboxylic acid groups (broad SMARTS) is 1. The Morgan fingerprint density at radius 1 is 1.09 bits per heavy atom. The molecule has 2 saturated heterocycles. The summed E-state index contributed by atoms with van der Waals surface area (Å²) in [7, 11) is 0. The number of carboxylic acids is 1. The molecule has 1 atom stereocenters. The molecule has 2 aromatic carbocycles. The van der Waals surface area contributed by atoms with Crippen LogP contribution in [0.3, 0.4) is 0 Å². The van der Waals surface area contributed by atoms with Gasteiger partial charge in [0.15, 0.2) is 0 Å². The lowest BCUT2D eigenvalue weighted by atomic mass is 9.73. The van der Waals surface area contributed by atoms with Gasteiger partial charge in [-0.05, 0) is 47.4 Å². The second-order valence-electron chi connectivity index (χ2n) is 9.39. The second-order valence-corrected chi connectivity index (χ2v) is 9.39. The first kappa shape index (κ1) is 21.5. The Labute approximate surface area is 192 Å². The molecule has 6 rings (SSSR count). The van der Waals surface area contributed by atoms with Crippen LogP contribution in [0, 0.1) is 5.92 Å². The largest absolute Gasteiger partial charge is 0.479 e. The number of alkyl carbamates (subject to hydrolysis) is 1. The van der Waals surface area contributed by atoms with Crippen molar-refractivity contribution in [3.63, 3.8) is 0 Å². The van der Waals surface area contributed by atoms with Gasteiger partial charge in [0.1, 0.15) is 12.1 Å². The number of nitrogens with zero attached hydrogens (tertiary/aromatic N) is 1. The number of amides is 2. The molecular weight excluding hydrogens is 420 g/mol. The highest BCUT2D eigenvalue weighted by Crippen LogP contribution is 2.51. The Hall–Kier alpha value is -3.35. The molecule has 2 amide bonds. The number of hydrogen-bond acceptors (Lipinski definition) is 4. The molecule has 2 bridgehead atoms. The maximum Gasteiger partial charge on any atom is 0.407 e. The maximum absolute atomic E-state index is 12.9. The van der Waals surface area contributed by atoms with E-state index in [2.05, 4.69) is 29.6 Å². The summed E-state index contributed by atoms with van der Waals surface area (Å²) in [5.74, 6) is -0.901. The summed E-state index contributed by atoms with van der Waals surface area (Å²) in [6.45, 7) is 2.59. The molecular formula is C26H28N2O5. The molecule has 2 N–H and O–H groups in total. The average molecular weight is 449 g/mol. The van der Waals surface area contributed by atoms with E-state index in [0.29, 0.717) is 25.8 Å². The Balaban J connectivity index is 1.20. The molecule has 2 aromatic rings. The van der Waals surface area contributed by atoms with Crippen LogP contribution in [0.4, 0.5) is 4.79 Å². The van der Waals surface area contributed by atoms with E-state index in [-0.39, 0.29) is 30.8 Å². The predicted octanol–water partition coefficient (Wildman–Crippen LogP) is 3.77. The Kier molecular flexibility index (Phi) is 5.35. The zero-order valence-corrected chi connectivity index (χ0v) is 18.6. The van der Waals surface area contributed by atoms with E-state index in [1.807, 2.05) is 31.2 Å². The molecule has 0 radical (unpaired) electrons. The van der Waals surface area contributed by atoms with Gasteiger partial charge < -0.3 is 20.1 Å². The van der Waals surface area contributed by atoms with Crippen LogP contribution in [0.25, 0.3) is 11.1 Å². The molecule has 2 aliphatic carbocycles. The zero-order valence-electron chi connectivity index (χ0n) is 18.6. The molecule has 2 heterocycles. The molecule has 0 spiro atoms. The quantitative estimate of drug-likeness (QED) is 0.672. The minimum atomic E-state index is -1.04. The Morgan fingerprint density at radius 3 is 2.27 bits per heavy atom. The van der Waals surface area contributed by atoms with Crippen molar-refractivity contribution < 1.29 is 24.2 Å². The summed E-state index contributed by atoms with van der Waals surface area (Å²) in [6, 6.07) is 15.9. The highest BCUT2D eigenvalue weighted by molar-refractivity contribution is 5.90. The first-order chi connectivity index (χ1) is 15.9. The van der Waals surface area contributed by atoms with Gasteiger partial charge in [0.2, 0.25) is 5.91 Å². The maximum atomic E-state index is 12.9. The number of ether oxygens (including phenoxy) is 1. The van der Waals surface area contributed by atoms with Gasteiger partial charge in [0.25, 0.3) is 0 Å². The topological polar surface area (TPSA) is 95.9 Å². The van der Waals surface area contributed by atoms with Gasteiger partial charge >= 0.3 is 12.1 Å². The molecule has 3 fully saturated rings.